The van der Waals surface area contributed by atoms with Crippen molar-refractivity contribution < 1.29 is 18.1 Å². The van der Waals surface area contributed by atoms with Crippen LogP contribution in [-0.4, -0.2) is 18.1 Å². The molecule has 0 atom stereocenters. The Kier molecular flexibility index (Phi) is 2.25. The minimum Gasteiger partial charge on any atom is -0.507 e. The van der Waals surface area contributed by atoms with Crippen molar-refractivity contribution >= 4 is 26.6 Å². The fourth-order valence-corrected chi connectivity index (χ4v) is 2.27. The van der Waals surface area contributed by atoms with Gasteiger partial charge in [0.1, 0.15) is 10.6 Å². The number of fused-ring (bicyclic) bond motifs is 1. The molecule has 0 aromatic heterocycles. The summed E-state index contributed by atoms with van der Waals surface area (Å²) in [5.41, 5.74) is 7.57. The van der Waals surface area contributed by atoms with Gasteiger partial charge >= 0.3 is 0 Å². The SMILES string of the molecule is [NH]c1ccc(S(=O)(=O)O)c2cccc(O)c12. The van der Waals surface area contributed by atoms with Gasteiger partial charge in [0.05, 0.1) is 5.69 Å². The van der Waals surface area contributed by atoms with Gasteiger partial charge in [-0.1, -0.05) is 12.1 Å². The van der Waals surface area contributed by atoms with Gasteiger partial charge in [-0.2, -0.15) is 8.42 Å². The molecule has 2 aromatic rings. The highest BCUT2D eigenvalue weighted by atomic mass is 32.2. The van der Waals surface area contributed by atoms with Crippen LogP contribution < -0.4 is 5.73 Å². The van der Waals surface area contributed by atoms with Gasteiger partial charge in [0, 0.05) is 10.8 Å². The third kappa shape index (κ3) is 1.58. The van der Waals surface area contributed by atoms with E-state index in [2.05, 4.69) is 0 Å². The molecule has 0 amide bonds. The molecule has 0 spiro atoms. The van der Waals surface area contributed by atoms with Crippen LogP contribution in [-0.2, 0) is 10.1 Å². The van der Waals surface area contributed by atoms with Crippen LogP contribution in [0.25, 0.3) is 10.8 Å². The molecule has 2 aromatic carbocycles. The molecule has 6 heteroatoms. The number of nitrogens with one attached hydrogen (secondary N) is 1. The van der Waals surface area contributed by atoms with Gasteiger partial charge in [0.15, 0.2) is 0 Å². The van der Waals surface area contributed by atoms with Crippen molar-refractivity contribution in [3.8, 4) is 5.75 Å². The summed E-state index contributed by atoms with van der Waals surface area (Å²) in [6.07, 6.45) is 0. The predicted molar refractivity (Wildman–Crippen MR) is 58.2 cm³/mol. The van der Waals surface area contributed by atoms with Crippen molar-refractivity contribution in [1.82, 2.24) is 5.73 Å². The number of hydrogen-bond donors (Lipinski definition) is 2. The molecule has 0 bridgehead atoms. The molecule has 3 N–H and O–H groups in total. The first-order valence-corrected chi connectivity index (χ1v) is 5.79. The van der Waals surface area contributed by atoms with E-state index in [0.29, 0.717) is 0 Å². The molecular weight excluding hydrogens is 230 g/mol. The average Bonchev–Trinajstić information content (AvgIpc) is 2.16. The summed E-state index contributed by atoms with van der Waals surface area (Å²) in [7, 11) is -4.36. The lowest BCUT2D eigenvalue weighted by Crippen LogP contribution is -1.99. The molecule has 0 heterocycles. The summed E-state index contributed by atoms with van der Waals surface area (Å²) in [6.45, 7) is 0. The lowest BCUT2D eigenvalue weighted by Gasteiger charge is -2.07. The summed E-state index contributed by atoms with van der Waals surface area (Å²) in [4.78, 5) is -0.311. The number of phenolic OH excluding ortho intramolecular Hbond substituents is 1. The lowest BCUT2D eigenvalue weighted by atomic mass is 10.1. The van der Waals surface area contributed by atoms with Gasteiger partial charge in [-0.05, 0) is 18.2 Å². The van der Waals surface area contributed by atoms with Gasteiger partial charge in [-0.3, -0.25) is 4.55 Å². The van der Waals surface area contributed by atoms with Gasteiger partial charge in [0.2, 0.25) is 0 Å². The van der Waals surface area contributed by atoms with Crippen LogP contribution in [0.1, 0.15) is 0 Å². The molecule has 0 aliphatic heterocycles. The molecular formula is C10H8NO4S. The van der Waals surface area contributed by atoms with Crippen molar-refractivity contribution in [2.24, 2.45) is 0 Å². The summed E-state index contributed by atoms with van der Waals surface area (Å²) in [5.74, 6) is -0.187. The molecule has 2 rings (SSSR count). The summed E-state index contributed by atoms with van der Waals surface area (Å²) < 4.78 is 31.2. The standard InChI is InChI=1S/C10H8NO4S/c11-7-4-5-9(16(13,14)15)6-2-1-3-8(12)10(6)7/h1-5,11-12H,(H,13,14,15). The Bertz CT molecular complexity index is 656. The molecule has 0 aliphatic carbocycles. The van der Waals surface area contributed by atoms with Crippen LogP contribution in [0.5, 0.6) is 5.75 Å². The zero-order valence-corrected chi connectivity index (χ0v) is 8.82. The Hall–Kier alpha value is -1.79. The van der Waals surface area contributed by atoms with E-state index in [1.807, 2.05) is 0 Å². The van der Waals surface area contributed by atoms with Crippen molar-refractivity contribution in [3.05, 3.63) is 30.3 Å². The highest BCUT2D eigenvalue weighted by Crippen LogP contribution is 2.34. The number of phenols is 1. The normalized spacial score (nSPS) is 11.8. The number of rotatable bonds is 1. The fourth-order valence-electron chi connectivity index (χ4n) is 1.59. The monoisotopic (exact) mass is 238 g/mol. The van der Waals surface area contributed by atoms with E-state index in [4.69, 9.17) is 10.3 Å². The zero-order valence-electron chi connectivity index (χ0n) is 8.01. The Balaban J connectivity index is 3.02. The minimum absolute atomic E-state index is 0.000463. The molecule has 0 aliphatic rings. The van der Waals surface area contributed by atoms with E-state index in [1.54, 1.807) is 0 Å². The van der Waals surface area contributed by atoms with Gasteiger partial charge in [-0.15, -0.1) is 0 Å². The topological polar surface area (TPSA) is 98.4 Å². The first-order valence-electron chi connectivity index (χ1n) is 4.35. The summed E-state index contributed by atoms with van der Waals surface area (Å²) in [6, 6.07) is 6.58. The van der Waals surface area contributed by atoms with Gasteiger partial charge in [0.25, 0.3) is 10.1 Å². The lowest BCUT2D eigenvalue weighted by molar-refractivity contribution is 0.481. The average molecular weight is 238 g/mol. The van der Waals surface area contributed by atoms with Crippen LogP contribution in [0.15, 0.2) is 35.2 Å². The highest BCUT2D eigenvalue weighted by Gasteiger charge is 2.16. The maximum absolute atomic E-state index is 11.1. The van der Waals surface area contributed by atoms with Crippen LogP contribution >= 0.6 is 0 Å². The van der Waals surface area contributed by atoms with Crippen LogP contribution in [0, 0.1) is 0 Å². The van der Waals surface area contributed by atoms with Crippen molar-refractivity contribution in [2.45, 2.75) is 4.90 Å². The van der Waals surface area contributed by atoms with E-state index in [1.165, 1.54) is 24.3 Å². The third-order valence-electron chi connectivity index (χ3n) is 2.26. The Labute approximate surface area is 91.9 Å². The second-order valence-electron chi connectivity index (χ2n) is 3.29. The van der Waals surface area contributed by atoms with Gasteiger partial charge in [-0.25, -0.2) is 0 Å². The minimum atomic E-state index is -4.36. The molecule has 1 radical (unpaired) electrons. The first kappa shape index (κ1) is 10.7. The van der Waals surface area contributed by atoms with Gasteiger partial charge < -0.3 is 10.8 Å². The molecule has 0 saturated heterocycles. The van der Waals surface area contributed by atoms with E-state index < -0.39 is 10.1 Å². The second kappa shape index (κ2) is 3.36. The Morgan fingerprint density at radius 2 is 1.81 bits per heavy atom. The van der Waals surface area contributed by atoms with E-state index in [9.17, 15) is 13.5 Å². The van der Waals surface area contributed by atoms with Crippen molar-refractivity contribution in [3.63, 3.8) is 0 Å². The number of hydrogen-bond acceptors (Lipinski definition) is 3. The van der Waals surface area contributed by atoms with Crippen LogP contribution in [0.3, 0.4) is 0 Å². The predicted octanol–water partition coefficient (Wildman–Crippen LogP) is 1.71. The molecule has 0 fully saturated rings. The van der Waals surface area contributed by atoms with E-state index in [0.717, 1.165) is 6.07 Å². The first-order chi connectivity index (χ1) is 7.41. The van der Waals surface area contributed by atoms with Crippen LogP contribution in [0.2, 0.25) is 0 Å². The number of benzene rings is 2. The molecule has 0 saturated carbocycles. The maximum Gasteiger partial charge on any atom is 0.295 e. The molecule has 5 nitrogen and oxygen atoms in total. The molecule has 0 unspecified atom stereocenters. The van der Waals surface area contributed by atoms with Crippen LogP contribution in [0.4, 0.5) is 5.69 Å². The summed E-state index contributed by atoms with van der Waals surface area (Å²) in [5, 5.41) is 9.79. The third-order valence-corrected chi connectivity index (χ3v) is 3.17. The quantitative estimate of drug-likeness (QED) is 0.738. The van der Waals surface area contributed by atoms with E-state index >= 15 is 0 Å². The Morgan fingerprint density at radius 3 is 2.44 bits per heavy atom. The second-order valence-corrected chi connectivity index (χ2v) is 4.68. The molecule has 16 heavy (non-hydrogen) atoms. The maximum atomic E-state index is 11.1. The number of aromatic hydroxyl groups is 1. The Morgan fingerprint density at radius 1 is 1.12 bits per heavy atom. The van der Waals surface area contributed by atoms with Crippen molar-refractivity contribution in [2.75, 3.05) is 0 Å². The highest BCUT2D eigenvalue weighted by molar-refractivity contribution is 7.86. The smallest absolute Gasteiger partial charge is 0.295 e. The zero-order chi connectivity index (χ0) is 11.9. The van der Waals surface area contributed by atoms with E-state index in [-0.39, 0.29) is 27.1 Å². The largest absolute Gasteiger partial charge is 0.507 e. The fraction of sp³-hybridized carbons (Fsp3) is 0. The van der Waals surface area contributed by atoms with Crippen molar-refractivity contribution in [1.29, 1.82) is 0 Å². The molecule has 83 valence electrons. The summed E-state index contributed by atoms with van der Waals surface area (Å²) >= 11 is 0.